The number of amides is 1. The van der Waals surface area contributed by atoms with Gasteiger partial charge >= 0.3 is 0 Å². The van der Waals surface area contributed by atoms with E-state index < -0.39 is 11.7 Å². The fourth-order valence-electron chi connectivity index (χ4n) is 4.74. The third kappa shape index (κ3) is 4.58. The number of furan rings is 1. The number of carbonyl (C=O) groups excluding carboxylic acids is 1. The third-order valence-corrected chi connectivity index (χ3v) is 6.61. The maximum atomic E-state index is 14.9. The largest absolute Gasteiger partial charge is 0.489 e. The normalized spacial score (nSPS) is 13.2. The Morgan fingerprint density at radius 3 is 2.73 bits per heavy atom. The SMILES string of the molecule is O=C(Nc1cc(-c2nnc3n2CCCCC3)ccc1F)c1oc2ccccc2c1COc1ccccc1. The van der Waals surface area contributed by atoms with Crippen molar-refractivity contribution in [3.8, 4) is 17.1 Å². The van der Waals surface area contributed by atoms with E-state index >= 15 is 0 Å². The molecule has 2 aromatic heterocycles. The minimum Gasteiger partial charge on any atom is -0.489 e. The van der Waals surface area contributed by atoms with Gasteiger partial charge in [-0.15, -0.1) is 10.2 Å². The summed E-state index contributed by atoms with van der Waals surface area (Å²) < 4.78 is 28.8. The number of benzene rings is 3. The number of rotatable bonds is 6. The Hall–Kier alpha value is -4.46. The van der Waals surface area contributed by atoms with Gasteiger partial charge in [-0.1, -0.05) is 42.8 Å². The lowest BCUT2D eigenvalue weighted by atomic mass is 10.1. The zero-order chi connectivity index (χ0) is 25.2. The van der Waals surface area contributed by atoms with Crippen LogP contribution in [0.3, 0.4) is 0 Å². The van der Waals surface area contributed by atoms with Crippen LogP contribution in [0.2, 0.25) is 0 Å². The molecular weight excluding hydrogens is 471 g/mol. The van der Waals surface area contributed by atoms with Crippen LogP contribution in [0.1, 0.15) is 41.2 Å². The molecule has 8 heteroatoms. The van der Waals surface area contributed by atoms with Gasteiger partial charge in [-0.2, -0.15) is 0 Å². The zero-order valence-electron chi connectivity index (χ0n) is 20.1. The van der Waals surface area contributed by atoms with Crippen LogP contribution in [0.25, 0.3) is 22.4 Å². The number of hydrogen-bond acceptors (Lipinski definition) is 5. The van der Waals surface area contributed by atoms with Gasteiger partial charge in [0.1, 0.15) is 29.6 Å². The van der Waals surface area contributed by atoms with Crippen LogP contribution in [-0.2, 0) is 19.6 Å². The lowest BCUT2D eigenvalue weighted by Crippen LogP contribution is -2.15. The van der Waals surface area contributed by atoms with Gasteiger partial charge in [0, 0.05) is 29.5 Å². The minimum atomic E-state index is -0.556. The van der Waals surface area contributed by atoms with E-state index in [1.807, 2.05) is 48.5 Å². The van der Waals surface area contributed by atoms with Gasteiger partial charge < -0.3 is 19.0 Å². The van der Waals surface area contributed by atoms with Gasteiger partial charge in [-0.05, 0) is 49.2 Å². The molecule has 1 aliphatic heterocycles. The molecule has 0 unspecified atom stereocenters. The van der Waals surface area contributed by atoms with Gasteiger partial charge in [0.25, 0.3) is 5.91 Å². The average molecular weight is 497 g/mol. The van der Waals surface area contributed by atoms with E-state index in [0.717, 1.165) is 43.4 Å². The molecule has 186 valence electrons. The van der Waals surface area contributed by atoms with Crippen LogP contribution in [0.4, 0.5) is 10.1 Å². The Labute approximate surface area is 212 Å². The molecule has 0 aliphatic carbocycles. The summed E-state index contributed by atoms with van der Waals surface area (Å²) in [6, 6.07) is 21.3. The molecule has 0 saturated heterocycles. The second-order valence-electron chi connectivity index (χ2n) is 9.06. The molecule has 7 nitrogen and oxygen atoms in total. The Morgan fingerprint density at radius 2 is 1.84 bits per heavy atom. The summed E-state index contributed by atoms with van der Waals surface area (Å²) in [6.45, 7) is 0.943. The van der Waals surface area contributed by atoms with E-state index in [4.69, 9.17) is 9.15 Å². The summed E-state index contributed by atoms with van der Waals surface area (Å²) >= 11 is 0. The lowest BCUT2D eigenvalue weighted by Gasteiger charge is -2.11. The molecular formula is C29H25FN4O3. The highest BCUT2D eigenvalue weighted by atomic mass is 19.1. The summed E-state index contributed by atoms with van der Waals surface area (Å²) in [4.78, 5) is 13.4. The van der Waals surface area contributed by atoms with Crippen molar-refractivity contribution in [3.63, 3.8) is 0 Å². The number of nitrogens with zero attached hydrogens (tertiary/aromatic N) is 3. The average Bonchev–Trinajstić information content (AvgIpc) is 3.42. The van der Waals surface area contributed by atoms with E-state index in [9.17, 15) is 9.18 Å². The molecule has 0 spiro atoms. The van der Waals surface area contributed by atoms with Crippen molar-refractivity contribution in [1.82, 2.24) is 14.8 Å². The maximum Gasteiger partial charge on any atom is 0.291 e. The van der Waals surface area contributed by atoms with Crippen molar-refractivity contribution in [1.29, 1.82) is 0 Å². The second kappa shape index (κ2) is 9.89. The van der Waals surface area contributed by atoms with Crippen molar-refractivity contribution in [3.05, 3.63) is 95.8 Å². The van der Waals surface area contributed by atoms with E-state index in [1.54, 1.807) is 18.2 Å². The topological polar surface area (TPSA) is 82.2 Å². The number of halogens is 1. The Kier molecular flexibility index (Phi) is 6.14. The van der Waals surface area contributed by atoms with Crippen LogP contribution in [-0.4, -0.2) is 20.7 Å². The third-order valence-electron chi connectivity index (χ3n) is 6.61. The van der Waals surface area contributed by atoms with E-state index in [2.05, 4.69) is 20.1 Å². The van der Waals surface area contributed by atoms with Crippen molar-refractivity contribution in [2.24, 2.45) is 0 Å². The highest BCUT2D eigenvalue weighted by molar-refractivity contribution is 6.06. The molecule has 0 radical (unpaired) electrons. The number of ether oxygens (including phenoxy) is 1. The molecule has 3 aromatic carbocycles. The molecule has 1 amide bonds. The summed E-state index contributed by atoms with van der Waals surface area (Å²) in [6.07, 6.45) is 4.14. The molecule has 37 heavy (non-hydrogen) atoms. The molecule has 6 rings (SSSR count). The number of para-hydroxylation sites is 2. The van der Waals surface area contributed by atoms with E-state index in [0.29, 0.717) is 28.3 Å². The van der Waals surface area contributed by atoms with Gasteiger partial charge in [0.2, 0.25) is 0 Å². The second-order valence-corrected chi connectivity index (χ2v) is 9.06. The monoisotopic (exact) mass is 496 g/mol. The maximum absolute atomic E-state index is 14.9. The summed E-state index contributed by atoms with van der Waals surface area (Å²) in [5, 5.41) is 12.2. The van der Waals surface area contributed by atoms with Gasteiger partial charge in [0.05, 0.1) is 5.69 Å². The first-order valence-corrected chi connectivity index (χ1v) is 12.4. The summed E-state index contributed by atoms with van der Waals surface area (Å²) in [7, 11) is 0. The van der Waals surface area contributed by atoms with Crippen LogP contribution in [0, 0.1) is 5.82 Å². The molecule has 0 saturated carbocycles. The fourth-order valence-corrected chi connectivity index (χ4v) is 4.74. The number of anilines is 1. The predicted molar refractivity (Wildman–Crippen MR) is 138 cm³/mol. The Bertz CT molecular complexity index is 1580. The summed E-state index contributed by atoms with van der Waals surface area (Å²) in [5.41, 5.74) is 1.88. The van der Waals surface area contributed by atoms with Crippen LogP contribution >= 0.6 is 0 Å². The number of hydrogen-bond donors (Lipinski definition) is 1. The quantitative estimate of drug-likeness (QED) is 0.295. The Balaban J connectivity index is 1.31. The molecule has 1 aliphatic rings. The Morgan fingerprint density at radius 1 is 1.00 bits per heavy atom. The minimum absolute atomic E-state index is 0.0452. The van der Waals surface area contributed by atoms with Gasteiger partial charge in [0.15, 0.2) is 11.6 Å². The van der Waals surface area contributed by atoms with Crippen LogP contribution in [0.15, 0.2) is 77.2 Å². The standard InChI is InChI=1S/C29H25FN4O3/c30-23-15-14-19(28-33-32-26-13-5-2-8-16-34(26)28)17-24(23)31-29(35)27-22(18-36-20-9-3-1-4-10-20)21-11-6-7-12-25(21)37-27/h1,3-4,6-7,9-12,14-15,17H,2,5,8,13,16,18H2,(H,31,35). The fraction of sp³-hybridized carbons (Fsp3) is 0.207. The first-order chi connectivity index (χ1) is 18.2. The van der Waals surface area contributed by atoms with Gasteiger partial charge in [-0.25, -0.2) is 4.39 Å². The molecule has 0 bridgehead atoms. The van der Waals surface area contributed by atoms with Crippen LogP contribution in [0.5, 0.6) is 5.75 Å². The number of nitrogens with one attached hydrogen (secondary N) is 1. The van der Waals surface area contributed by atoms with Crippen LogP contribution < -0.4 is 10.1 Å². The van der Waals surface area contributed by atoms with E-state index in [1.165, 1.54) is 6.07 Å². The smallest absolute Gasteiger partial charge is 0.291 e. The van der Waals surface area contributed by atoms with Crippen molar-refractivity contribution < 1.29 is 18.3 Å². The number of carbonyl (C=O) groups is 1. The number of aromatic nitrogens is 3. The molecule has 3 heterocycles. The van der Waals surface area contributed by atoms with E-state index in [-0.39, 0.29) is 18.1 Å². The zero-order valence-corrected chi connectivity index (χ0v) is 20.1. The molecule has 1 N–H and O–H groups in total. The lowest BCUT2D eigenvalue weighted by molar-refractivity contribution is 0.0995. The molecule has 0 fully saturated rings. The van der Waals surface area contributed by atoms with Crippen molar-refractivity contribution >= 4 is 22.6 Å². The first-order valence-electron chi connectivity index (χ1n) is 12.4. The highest BCUT2D eigenvalue weighted by Crippen LogP contribution is 2.30. The molecule has 5 aromatic rings. The molecule has 0 atom stereocenters. The first kappa shape index (κ1) is 23.0. The number of aryl methyl sites for hydroxylation is 1. The van der Waals surface area contributed by atoms with Gasteiger partial charge in [-0.3, -0.25) is 4.79 Å². The summed E-state index contributed by atoms with van der Waals surface area (Å²) in [5.74, 6) is 1.26. The predicted octanol–water partition coefficient (Wildman–Crippen LogP) is 6.39. The number of fused-ring (bicyclic) bond motifs is 2. The van der Waals surface area contributed by atoms with Crippen molar-refractivity contribution in [2.75, 3.05) is 5.32 Å². The highest BCUT2D eigenvalue weighted by Gasteiger charge is 2.23. The van der Waals surface area contributed by atoms with Crippen molar-refractivity contribution in [2.45, 2.75) is 38.8 Å².